The van der Waals surface area contributed by atoms with Crippen LogP contribution in [-0.2, 0) is 9.84 Å². The number of imidazole rings is 1. The molecule has 0 aliphatic rings. The third-order valence-electron chi connectivity index (χ3n) is 5.13. The van der Waals surface area contributed by atoms with Crippen molar-refractivity contribution in [1.29, 1.82) is 0 Å². The van der Waals surface area contributed by atoms with Gasteiger partial charge < -0.3 is 14.5 Å². The number of para-hydroxylation sites is 1. The van der Waals surface area contributed by atoms with Gasteiger partial charge in [0.2, 0.25) is 0 Å². The normalized spacial score (nSPS) is 12.7. The molecule has 4 rings (SSSR count). The summed E-state index contributed by atoms with van der Waals surface area (Å²) < 4.78 is 38.8. The first-order chi connectivity index (χ1) is 15.3. The van der Waals surface area contributed by atoms with E-state index in [4.69, 9.17) is 9.47 Å². The highest BCUT2D eigenvalue weighted by Crippen LogP contribution is 2.33. The molecule has 0 amide bonds. The van der Waals surface area contributed by atoms with E-state index in [0.29, 0.717) is 40.4 Å². The summed E-state index contributed by atoms with van der Waals surface area (Å²) in [6.45, 7) is 2.26. The van der Waals surface area contributed by atoms with E-state index >= 15 is 0 Å². The van der Waals surface area contributed by atoms with Gasteiger partial charge in [-0.25, -0.2) is 17.9 Å². The third kappa shape index (κ3) is 4.13. The van der Waals surface area contributed by atoms with Crippen LogP contribution in [0.5, 0.6) is 11.5 Å². The van der Waals surface area contributed by atoms with Crippen molar-refractivity contribution in [3.05, 3.63) is 70.9 Å². The van der Waals surface area contributed by atoms with E-state index in [2.05, 4.69) is 10.1 Å². The topological polar surface area (TPSA) is 108 Å². The molecule has 0 aliphatic carbocycles. The van der Waals surface area contributed by atoms with Crippen molar-refractivity contribution in [3.63, 3.8) is 0 Å². The van der Waals surface area contributed by atoms with Crippen LogP contribution in [0, 0.1) is 0 Å². The number of nitrogens with one attached hydrogen (secondary N) is 1. The van der Waals surface area contributed by atoms with Crippen LogP contribution in [-0.4, -0.2) is 53.5 Å². The summed E-state index contributed by atoms with van der Waals surface area (Å²) in [5.41, 5.74) is 2.03. The average molecular weight is 457 g/mol. The van der Waals surface area contributed by atoms with Gasteiger partial charge in [0, 0.05) is 18.6 Å². The first kappa shape index (κ1) is 21.7. The second-order valence-corrected chi connectivity index (χ2v) is 9.56. The fraction of sp³-hybridized carbons (Fsp3) is 0.273. The molecule has 2 aromatic heterocycles. The molecule has 0 saturated heterocycles. The molecule has 168 valence electrons. The van der Waals surface area contributed by atoms with Crippen molar-refractivity contribution in [1.82, 2.24) is 19.3 Å². The van der Waals surface area contributed by atoms with Crippen molar-refractivity contribution in [2.75, 3.05) is 25.7 Å². The van der Waals surface area contributed by atoms with E-state index in [0.717, 1.165) is 6.26 Å². The van der Waals surface area contributed by atoms with E-state index in [1.165, 1.54) is 11.7 Å². The maximum Gasteiger partial charge on any atom is 0.327 e. The molecule has 2 heterocycles. The second kappa shape index (κ2) is 8.54. The number of hydrogen-bond donors (Lipinski definition) is 1. The van der Waals surface area contributed by atoms with Crippen LogP contribution in [0.2, 0.25) is 0 Å². The van der Waals surface area contributed by atoms with Crippen LogP contribution >= 0.6 is 0 Å². The summed E-state index contributed by atoms with van der Waals surface area (Å²) in [7, 11) is -1.91. The maximum atomic E-state index is 13.1. The highest BCUT2D eigenvalue weighted by molar-refractivity contribution is 7.90. The monoisotopic (exact) mass is 456 g/mol. The standard InChI is InChI=1S/C22H24N4O5S/c1-4-31-20-13-15(9-10-19(20)30-2)18(14-32(3,28)29)26-17-8-5-7-16(21(17)24-22(26)27)25-12-6-11-23-25/h5-13,18H,4,14H2,1-3H3,(H,24,27). The van der Waals surface area contributed by atoms with Crippen molar-refractivity contribution in [2.24, 2.45) is 0 Å². The summed E-state index contributed by atoms with van der Waals surface area (Å²) in [4.78, 5) is 16.0. The van der Waals surface area contributed by atoms with Crippen molar-refractivity contribution in [3.8, 4) is 17.2 Å². The molecule has 1 unspecified atom stereocenters. The Hall–Kier alpha value is -3.53. The fourth-order valence-electron chi connectivity index (χ4n) is 3.82. The van der Waals surface area contributed by atoms with Gasteiger partial charge in [-0.1, -0.05) is 12.1 Å². The Kier molecular flexibility index (Phi) is 5.79. The molecule has 0 spiro atoms. The number of aromatic nitrogens is 4. The Balaban J connectivity index is 1.94. The Morgan fingerprint density at radius 2 is 1.97 bits per heavy atom. The van der Waals surface area contributed by atoms with Crippen LogP contribution in [0.25, 0.3) is 16.7 Å². The number of H-pyrrole nitrogens is 1. The van der Waals surface area contributed by atoms with Crippen molar-refractivity contribution in [2.45, 2.75) is 13.0 Å². The van der Waals surface area contributed by atoms with E-state index in [-0.39, 0.29) is 5.75 Å². The number of benzene rings is 2. The highest BCUT2D eigenvalue weighted by atomic mass is 32.2. The molecule has 0 saturated carbocycles. The molecule has 0 bridgehead atoms. The molecule has 1 N–H and O–H groups in total. The van der Waals surface area contributed by atoms with Gasteiger partial charge in [0.05, 0.1) is 42.2 Å². The number of rotatable bonds is 8. The van der Waals surface area contributed by atoms with E-state index in [1.807, 2.05) is 13.0 Å². The van der Waals surface area contributed by atoms with Crippen LogP contribution in [0.3, 0.4) is 0 Å². The van der Waals surface area contributed by atoms with Crippen molar-refractivity contribution >= 4 is 20.9 Å². The highest BCUT2D eigenvalue weighted by Gasteiger charge is 2.25. The average Bonchev–Trinajstić information content (AvgIpc) is 3.39. The number of sulfone groups is 1. The fourth-order valence-corrected chi connectivity index (χ4v) is 4.74. The summed E-state index contributed by atoms with van der Waals surface area (Å²) in [5.74, 6) is 0.751. The van der Waals surface area contributed by atoms with Crippen molar-refractivity contribution < 1.29 is 17.9 Å². The summed E-state index contributed by atoms with van der Waals surface area (Å²) >= 11 is 0. The summed E-state index contributed by atoms with van der Waals surface area (Å²) in [6, 6.07) is 11.6. The van der Waals surface area contributed by atoms with Crippen LogP contribution in [0.4, 0.5) is 0 Å². The largest absolute Gasteiger partial charge is 0.493 e. The zero-order chi connectivity index (χ0) is 22.9. The third-order valence-corrected chi connectivity index (χ3v) is 6.05. The van der Waals surface area contributed by atoms with Crippen LogP contribution < -0.4 is 15.2 Å². The van der Waals surface area contributed by atoms with E-state index in [1.54, 1.807) is 53.5 Å². The summed E-state index contributed by atoms with van der Waals surface area (Å²) in [5, 5.41) is 4.25. The molecule has 0 radical (unpaired) electrons. The molecular formula is C22H24N4O5S. The Bertz CT molecular complexity index is 1400. The zero-order valence-electron chi connectivity index (χ0n) is 18.0. The molecule has 2 aromatic carbocycles. The molecule has 32 heavy (non-hydrogen) atoms. The smallest absolute Gasteiger partial charge is 0.327 e. The predicted molar refractivity (Wildman–Crippen MR) is 122 cm³/mol. The van der Waals surface area contributed by atoms with Gasteiger partial charge in [0.15, 0.2) is 11.5 Å². The molecule has 10 heteroatoms. The Morgan fingerprint density at radius 3 is 2.62 bits per heavy atom. The first-order valence-electron chi connectivity index (χ1n) is 10.0. The molecule has 0 fully saturated rings. The zero-order valence-corrected chi connectivity index (χ0v) is 18.8. The Labute approximate surface area is 185 Å². The van der Waals surface area contributed by atoms with Gasteiger partial charge in [-0.3, -0.25) is 4.57 Å². The minimum absolute atomic E-state index is 0.260. The lowest BCUT2D eigenvalue weighted by atomic mass is 10.1. The number of aromatic amines is 1. The number of nitrogens with zero attached hydrogens (tertiary/aromatic N) is 3. The number of ether oxygens (including phenoxy) is 2. The first-order valence-corrected chi connectivity index (χ1v) is 12.1. The molecule has 4 aromatic rings. The number of methoxy groups -OCH3 is 1. The second-order valence-electron chi connectivity index (χ2n) is 7.37. The van der Waals surface area contributed by atoms with Gasteiger partial charge >= 0.3 is 5.69 Å². The van der Waals surface area contributed by atoms with Gasteiger partial charge in [0.25, 0.3) is 0 Å². The molecule has 9 nitrogen and oxygen atoms in total. The van der Waals surface area contributed by atoms with Gasteiger partial charge in [0.1, 0.15) is 9.84 Å². The molecule has 1 atom stereocenters. The maximum absolute atomic E-state index is 13.1. The van der Waals surface area contributed by atoms with E-state index in [9.17, 15) is 13.2 Å². The van der Waals surface area contributed by atoms with Crippen LogP contribution in [0.15, 0.2) is 59.7 Å². The number of hydrogen-bond acceptors (Lipinski definition) is 6. The number of fused-ring (bicyclic) bond motifs is 1. The molecular weight excluding hydrogens is 432 g/mol. The molecule has 0 aliphatic heterocycles. The van der Waals surface area contributed by atoms with Crippen LogP contribution in [0.1, 0.15) is 18.5 Å². The van der Waals surface area contributed by atoms with Gasteiger partial charge in [-0.2, -0.15) is 5.10 Å². The minimum Gasteiger partial charge on any atom is -0.493 e. The summed E-state index contributed by atoms with van der Waals surface area (Å²) in [6.07, 6.45) is 4.57. The SMILES string of the molecule is CCOc1cc(C(CS(C)(=O)=O)n2c(=O)[nH]c3c(-n4cccn4)cccc32)ccc1OC. The van der Waals surface area contributed by atoms with E-state index < -0.39 is 21.6 Å². The lowest BCUT2D eigenvalue weighted by molar-refractivity contribution is 0.310. The quantitative estimate of drug-likeness (QED) is 0.437. The van der Waals surface area contributed by atoms with Gasteiger partial charge in [-0.05, 0) is 42.8 Å². The Morgan fingerprint density at radius 1 is 1.16 bits per heavy atom. The predicted octanol–water partition coefficient (Wildman–Crippen LogP) is 2.56. The lowest BCUT2D eigenvalue weighted by Gasteiger charge is -2.20. The lowest BCUT2D eigenvalue weighted by Crippen LogP contribution is -2.28. The minimum atomic E-state index is -3.44. The van der Waals surface area contributed by atoms with Gasteiger partial charge in [-0.15, -0.1) is 0 Å².